The maximum Gasteiger partial charge on any atom is 0.263 e. The molecule has 1 amide bonds. The summed E-state index contributed by atoms with van der Waals surface area (Å²) in [5, 5.41) is 4.46. The zero-order valence-corrected chi connectivity index (χ0v) is 12.6. The molecule has 0 spiro atoms. The van der Waals surface area contributed by atoms with Crippen LogP contribution in [0.4, 0.5) is 5.69 Å². The Kier molecular flexibility index (Phi) is 3.58. The highest BCUT2D eigenvalue weighted by atomic mass is 35.5. The monoisotopic (exact) mass is 310 g/mol. The summed E-state index contributed by atoms with van der Waals surface area (Å²) < 4.78 is 6.17. The van der Waals surface area contributed by atoms with Crippen molar-refractivity contribution in [3.05, 3.63) is 28.1 Å². The molecule has 1 aliphatic rings. The highest BCUT2D eigenvalue weighted by molar-refractivity contribution is 7.21. The van der Waals surface area contributed by atoms with Crippen LogP contribution in [0.15, 0.2) is 18.2 Å². The number of fused-ring (bicyclic) bond motifs is 1. The number of halogens is 1. The van der Waals surface area contributed by atoms with Gasteiger partial charge >= 0.3 is 0 Å². The van der Waals surface area contributed by atoms with E-state index in [-0.39, 0.29) is 18.1 Å². The van der Waals surface area contributed by atoms with E-state index < -0.39 is 0 Å². The van der Waals surface area contributed by atoms with E-state index in [1.165, 1.54) is 11.3 Å². The molecule has 0 atom stereocenters. The molecule has 6 heteroatoms. The number of hydrogen-bond acceptors (Lipinski definition) is 4. The molecule has 3 N–H and O–H groups in total. The largest absolute Gasteiger partial charge is 0.397 e. The minimum absolute atomic E-state index is 0.112. The van der Waals surface area contributed by atoms with Crippen LogP contribution in [-0.4, -0.2) is 25.2 Å². The van der Waals surface area contributed by atoms with Gasteiger partial charge in [-0.2, -0.15) is 0 Å². The van der Waals surface area contributed by atoms with Crippen LogP contribution in [0.1, 0.15) is 22.5 Å². The molecule has 1 aromatic carbocycles. The first-order valence-corrected chi connectivity index (χ1v) is 7.59. The summed E-state index contributed by atoms with van der Waals surface area (Å²) >= 11 is 7.36. The second-order valence-corrected chi connectivity index (χ2v) is 6.47. The van der Waals surface area contributed by atoms with E-state index >= 15 is 0 Å². The number of nitrogens with two attached hydrogens (primary N) is 1. The molecule has 1 heterocycles. The van der Waals surface area contributed by atoms with Gasteiger partial charge in [-0.1, -0.05) is 11.6 Å². The summed E-state index contributed by atoms with van der Waals surface area (Å²) in [6.07, 6.45) is 1.98. The van der Waals surface area contributed by atoms with Crippen molar-refractivity contribution in [1.29, 1.82) is 0 Å². The average Bonchev–Trinajstić information content (AvgIpc) is 2.70. The number of ether oxygens (including phenoxy) is 1. The van der Waals surface area contributed by atoms with Crippen LogP contribution >= 0.6 is 22.9 Å². The first-order valence-electron chi connectivity index (χ1n) is 6.39. The highest BCUT2D eigenvalue weighted by Crippen LogP contribution is 2.35. The normalized spacial score (nSPS) is 21.7. The smallest absolute Gasteiger partial charge is 0.263 e. The molecule has 0 saturated heterocycles. The number of benzene rings is 1. The Labute approximate surface area is 125 Å². The molecule has 4 nitrogen and oxygen atoms in total. The lowest BCUT2D eigenvalue weighted by Crippen LogP contribution is -2.47. The minimum atomic E-state index is -0.112. The van der Waals surface area contributed by atoms with Crippen molar-refractivity contribution in [2.75, 3.05) is 12.8 Å². The number of thiophene rings is 1. The third-order valence-electron chi connectivity index (χ3n) is 3.66. The first-order chi connectivity index (χ1) is 9.58. The number of nitrogen functional groups attached to an aromatic ring is 1. The summed E-state index contributed by atoms with van der Waals surface area (Å²) in [6, 6.07) is 5.67. The van der Waals surface area contributed by atoms with Crippen LogP contribution in [0.5, 0.6) is 0 Å². The molecule has 1 aromatic heterocycles. The van der Waals surface area contributed by atoms with Crippen molar-refractivity contribution in [2.24, 2.45) is 0 Å². The lowest BCUT2D eigenvalue weighted by Gasteiger charge is -2.34. The van der Waals surface area contributed by atoms with Gasteiger partial charge in [0.25, 0.3) is 5.91 Å². The Morgan fingerprint density at radius 1 is 1.50 bits per heavy atom. The molecule has 20 heavy (non-hydrogen) atoms. The number of carbonyl (C=O) groups excluding carboxylic acids is 1. The maximum atomic E-state index is 12.3. The van der Waals surface area contributed by atoms with E-state index in [1.807, 2.05) is 6.07 Å². The zero-order chi connectivity index (χ0) is 14.3. The number of anilines is 1. The lowest BCUT2D eigenvalue weighted by atomic mass is 9.89. The molecule has 106 valence electrons. The Balaban J connectivity index is 1.80. The summed E-state index contributed by atoms with van der Waals surface area (Å²) in [5.74, 6) is -0.112. The number of nitrogens with one attached hydrogen (secondary N) is 1. The molecule has 2 aromatic rings. The number of carbonyl (C=O) groups is 1. The number of amides is 1. The standard InChI is InChI=1S/C14H15ClN2O2S/c1-19-9-5-8(6-9)17-14(18)13-12(16)10-4-7(15)2-3-11(10)20-13/h2-4,8-9H,5-6,16H2,1H3,(H,17,18). The van der Waals surface area contributed by atoms with Gasteiger partial charge < -0.3 is 15.8 Å². The Bertz CT molecular complexity index is 664. The fourth-order valence-electron chi connectivity index (χ4n) is 2.38. The summed E-state index contributed by atoms with van der Waals surface area (Å²) in [4.78, 5) is 12.8. The molecule has 0 unspecified atom stereocenters. The molecular formula is C14H15ClN2O2S. The van der Waals surface area contributed by atoms with Crippen LogP contribution in [0.3, 0.4) is 0 Å². The summed E-state index contributed by atoms with van der Waals surface area (Å²) in [5.41, 5.74) is 6.57. The predicted octanol–water partition coefficient (Wildman–Crippen LogP) is 3.04. The van der Waals surface area contributed by atoms with Gasteiger partial charge in [0.2, 0.25) is 0 Å². The van der Waals surface area contributed by atoms with Gasteiger partial charge in [0.1, 0.15) is 4.88 Å². The van der Waals surface area contributed by atoms with Gasteiger partial charge in [-0.05, 0) is 31.0 Å². The third-order valence-corrected chi connectivity index (χ3v) is 5.08. The van der Waals surface area contributed by atoms with Crippen LogP contribution in [0.25, 0.3) is 10.1 Å². The van der Waals surface area contributed by atoms with E-state index in [1.54, 1.807) is 19.2 Å². The van der Waals surface area contributed by atoms with Gasteiger partial charge in [0.15, 0.2) is 0 Å². The van der Waals surface area contributed by atoms with E-state index in [0.717, 1.165) is 22.9 Å². The van der Waals surface area contributed by atoms with E-state index in [4.69, 9.17) is 22.1 Å². The minimum Gasteiger partial charge on any atom is -0.397 e. The zero-order valence-electron chi connectivity index (χ0n) is 11.0. The maximum absolute atomic E-state index is 12.3. The van der Waals surface area contributed by atoms with E-state index in [9.17, 15) is 4.79 Å². The topological polar surface area (TPSA) is 64.3 Å². The van der Waals surface area contributed by atoms with E-state index in [2.05, 4.69) is 5.32 Å². The molecule has 1 fully saturated rings. The number of rotatable bonds is 3. The summed E-state index contributed by atoms with van der Waals surface area (Å²) in [6.45, 7) is 0. The second kappa shape index (κ2) is 5.24. The number of hydrogen-bond donors (Lipinski definition) is 2. The highest BCUT2D eigenvalue weighted by Gasteiger charge is 2.31. The predicted molar refractivity (Wildman–Crippen MR) is 82.5 cm³/mol. The fraction of sp³-hybridized carbons (Fsp3) is 0.357. The van der Waals surface area contributed by atoms with Gasteiger partial charge in [-0.3, -0.25) is 4.79 Å². The van der Waals surface area contributed by atoms with E-state index in [0.29, 0.717) is 15.6 Å². The van der Waals surface area contributed by atoms with Gasteiger partial charge in [-0.25, -0.2) is 0 Å². The van der Waals surface area contributed by atoms with Gasteiger partial charge in [0, 0.05) is 28.3 Å². The molecule has 0 aliphatic heterocycles. The van der Waals surface area contributed by atoms with Crippen molar-refractivity contribution in [1.82, 2.24) is 5.32 Å². The van der Waals surface area contributed by atoms with Crippen LogP contribution in [0, 0.1) is 0 Å². The second-order valence-electron chi connectivity index (χ2n) is 4.98. The Morgan fingerprint density at radius 2 is 2.25 bits per heavy atom. The average molecular weight is 311 g/mol. The fourth-order valence-corrected chi connectivity index (χ4v) is 3.56. The van der Waals surface area contributed by atoms with Gasteiger partial charge in [-0.15, -0.1) is 11.3 Å². The Hall–Kier alpha value is -1.30. The lowest BCUT2D eigenvalue weighted by molar-refractivity contribution is 0.0177. The number of methoxy groups -OCH3 is 1. The van der Waals surface area contributed by atoms with Crippen molar-refractivity contribution in [2.45, 2.75) is 25.0 Å². The molecule has 0 bridgehead atoms. The van der Waals surface area contributed by atoms with Crippen LogP contribution < -0.4 is 11.1 Å². The molecule has 0 radical (unpaired) electrons. The first kappa shape index (κ1) is 13.7. The van der Waals surface area contributed by atoms with Crippen molar-refractivity contribution < 1.29 is 9.53 Å². The van der Waals surface area contributed by atoms with Crippen molar-refractivity contribution in [3.63, 3.8) is 0 Å². The Morgan fingerprint density at radius 3 is 2.95 bits per heavy atom. The summed E-state index contributed by atoms with van der Waals surface area (Å²) in [7, 11) is 1.69. The van der Waals surface area contributed by atoms with Gasteiger partial charge in [0.05, 0.1) is 11.8 Å². The quantitative estimate of drug-likeness (QED) is 0.916. The molecule has 1 aliphatic carbocycles. The third kappa shape index (κ3) is 2.37. The van der Waals surface area contributed by atoms with Crippen molar-refractivity contribution in [3.8, 4) is 0 Å². The van der Waals surface area contributed by atoms with Crippen LogP contribution in [-0.2, 0) is 4.74 Å². The molecule has 1 saturated carbocycles. The van der Waals surface area contributed by atoms with Crippen LogP contribution in [0.2, 0.25) is 5.02 Å². The molecule has 3 rings (SSSR count). The SMILES string of the molecule is COC1CC(NC(=O)c2sc3ccc(Cl)cc3c2N)C1. The van der Waals surface area contributed by atoms with Crippen molar-refractivity contribution >= 4 is 44.6 Å². The molecular weight excluding hydrogens is 296 g/mol.